The summed E-state index contributed by atoms with van der Waals surface area (Å²) in [6, 6.07) is 11.5. The number of nitrogens with one attached hydrogen (secondary N) is 1. The van der Waals surface area contributed by atoms with E-state index >= 15 is 0 Å². The molecule has 2 aromatic heterocycles. The van der Waals surface area contributed by atoms with Crippen LogP contribution in [0, 0.1) is 21.4 Å². The largest absolute Gasteiger partial charge is 0.317 e. The van der Waals surface area contributed by atoms with Crippen molar-refractivity contribution in [3.8, 4) is 11.8 Å². The van der Waals surface area contributed by atoms with Gasteiger partial charge in [0.2, 0.25) is 5.13 Å². The fourth-order valence-electron chi connectivity index (χ4n) is 3.74. The number of anilines is 1. The van der Waals surface area contributed by atoms with E-state index in [2.05, 4.69) is 15.5 Å². The average molecular weight is 449 g/mol. The predicted octanol–water partition coefficient (Wildman–Crippen LogP) is 4.83. The number of aromatic nitrogens is 3. The average Bonchev–Trinajstić information content (AvgIpc) is 3.47. The van der Waals surface area contributed by atoms with Crippen molar-refractivity contribution in [1.82, 2.24) is 14.8 Å². The Balaban J connectivity index is 1.51. The van der Waals surface area contributed by atoms with Crippen molar-refractivity contribution in [2.24, 2.45) is 0 Å². The van der Waals surface area contributed by atoms with Crippen molar-refractivity contribution in [1.29, 1.82) is 5.26 Å². The van der Waals surface area contributed by atoms with Crippen LogP contribution in [0.2, 0.25) is 0 Å². The molecule has 10 heteroatoms. The number of carbonyl (C=O) groups excluding carboxylic acids is 1. The van der Waals surface area contributed by atoms with Gasteiger partial charge in [0.05, 0.1) is 4.92 Å². The Morgan fingerprint density at radius 3 is 2.66 bits per heavy atom. The van der Waals surface area contributed by atoms with E-state index in [0.717, 1.165) is 17.8 Å². The van der Waals surface area contributed by atoms with Gasteiger partial charge in [-0.25, -0.2) is 0 Å². The number of nitrogens with zero attached hydrogens (tertiary/aromatic N) is 5. The van der Waals surface area contributed by atoms with Gasteiger partial charge in [-0.2, -0.15) is 5.26 Å². The highest BCUT2D eigenvalue weighted by molar-refractivity contribution is 7.15. The highest BCUT2D eigenvalue weighted by atomic mass is 32.1. The Labute approximate surface area is 188 Å². The summed E-state index contributed by atoms with van der Waals surface area (Å²) in [6.07, 6.45) is 9.01. The Morgan fingerprint density at radius 2 is 1.97 bits per heavy atom. The maximum Gasteiger partial charge on any atom is 0.269 e. The molecule has 0 unspecified atom stereocenters. The van der Waals surface area contributed by atoms with Gasteiger partial charge >= 0.3 is 0 Å². The van der Waals surface area contributed by atoms with Crippen LogP contribution in [0.5, 0.6) is 0 Å². The Kier molecular flexibility index (Phi) is 6.37. The summed E-state index contributed by atoms with van der Waals surface area (Å²) in [6.45, 7) is 0. The zero-order valence-corrected chi connectivity index (χ0v) is 17.9. The number of hydrogen-bond donors (Lipinski definition) is 1. The first kappa shape index (κ1) is 21.4. The van der Waals surface area contributed by atoms with Crippen molar-refractivity contribution in [3.63, 3.8) is 0 Å². The molecule has 1 amide bonds. The molecule has 2 heterocycles. The summed E-state index contributed by atoms with van der Waals surface area (Å²) in [7, 11) is 0. The number of carbonyl (C=O) groups is 1. The Morgan fingerprint density at radius 1 is 1.22 bits per heavy atom. The number of nitro benzene ring substituents is 1. The maximum atomic E-state index is 12.7. The summed E-state index contributed by atoms with van der Waals surface area (Å²) >= 11 is 1.36. The number of hydrogen-bond acceptors (Lipinski definition) is 7. The molecular formula is C22H20N6O3S. The molecule has 0 bridgehead atoms. The third-order valence-electron chi connectivity index (χ3n) is 5.39. The first-order valence-corrected chi connectivity index (χ1v) is 11.1. The number of nitriles is 1. The summed E-state index contributed by atoms with van der Waals surface area (Å²) in [5, 5.41) is 32.7. The van der Waals surface area contributed by atoms with Gasteiger partial charge in [0.25, 0.3) is 11.6 Å². The molecule has 1 aliphatic carbocycles. The number of non-ortho nitro benzene ring substituents is 1. The molecule has 1 fully saturated rings. The van der Waals surface area contributed by atoms with Crippen LogP contribution < -0.4 is 5.32 Å². The fourth-order valence-corrected chi connectivity index (χ4v) is 4.65. The van der Waals surface area contributed by atoms with Gasteiger partial charge in [0, 0.05) is 35.6 Å². The molecule has 3 aromatic rings. The third-order valence-corrected chi connectivity index (χ3v) is 6.39. The second-order valence-electron chi connectivity index (χ2n) is 7.48. The van der Waals surface area contributed by atoms with Crippen LogP contribution >= 0.6 is 11.3 Å². The molecular weight excluding hydrogens is 428 g/mol. The van der Waals surface area contributed by atoms with E-state index < -0.39 is 10.8 Å². The van der Waals surface area contributed by atoms with Gasteiger partial charge in [0.15, 0.2) is 0 Å². The fraction of sp³-hybridized carbons (Fsp3) is 0.273. The minimum absolute atomic E-state index is 0.0141. The molecule has 162 valence electrons. The summed E-state index contributed by atoms with van der Waals surface area (Å²) in [5.41, 5.74) is 1.16. The van der Waals surface area contributed by atoms with Gasteiger partial charge in [-0.3, -0.25) is 20.2 Å². The van der Waals surface area contributed by atoms with Crippen LogP contribution in [0.4, 0.5) is 10.8 Å². The monoisotopic (exact) mass is 448 g/mol. The zero-order chi connectivity index (χ0) is 22.5. The lowest BCUT2D eigenvalue weighted by molar-refractivity contribution is -0.384. The van der Waals surface area contributed by atoms with E-state index in [0.29, 0.717) is 22.4 Å². The first-order valence-electron chi connectivity index (χ1n) is 10.2. The quantitative estimate of drug-likeness (QED) is 0.249. The molecule has 0 spiro atoms. The van der Waals surface area contributed by atoms with Crippen molar-refractivity contribution >= 4 is 34.1 Å². The molecule has 9 nitrogen and oxygen atoms in total. The molecule has 1 saturated carbocycles. The topological polar surface area (TPSA) is 127 Å². The highest BCUT2D eigenvalue weighted by Crippen LogP contribution is 2.35. The second-order valence-corrected chi connectivity index (χ2v) is 8.49. The van der Waals surface area contributed by atoms with Crippen molar-refractivity contribution in [2.75, 3.05) is 5.32 Å². The third kappa shape index (κ3) is 4.73. The Hall–Kier alpha value is -3.84. The van der Waals surface area contributed by atoms with Crippen molar-refractivity contribution in [2.45, 2.75) is 38.0 Å². The van der Waals surface area contributed by atoms with Crippen LogP contribution in [0.1, 0.15) is 48.7 Å². The van der Waals surface area contributed by atoms with E-state index in [1.807, 2.05) is 6.07 Å². The molecule has 1 N–H and O–H groups in total. The van der Waals surface area contributed by atoms with Gasteiger partial charge in [-0.15, -0.1) is 10.2 Å². The maximum absolute atomic E-state index is 12.7. The van der Waals surface area contributed by atoms with E-state index in [4.69, 9.17) is 0 Å². The number of nitro groups is 1. The molecule has 1 aliphatic rings. The molecule has 4 rings (SSSR count). The van der Waals surface area contributed by atoms with E-state index in [-0.39, 0.29) is 11.3 Å². The molecule has 0 aliphatic heterocycles. The molecule has 32 heavy (non-hydrogen) atoms. The smallest absolute Gasteiger partial charge is 0.269 e. The lowest BCUT2D eigenvalue weighted by Gasteiger charge is -2.18. The normalized spacial score (nSPS) is 14.7. The van der Waals surface area contributed by atoms with Gasteiger partial charge in [0.1, 0.15) is 16.6 Å². The molecule has 0 saturated heterocycles. The number of benzene rings is 1. The molecule has 0 radical (unpaired) electrons. The van der Waals surface area contributed by atoms with Crippen LogP contribution in [0.25, 0.3) is 11.8 Å². The van der Waals surface area contributed by atoms with Crippen molar-refractivity contribution in [3.05, 3.63) is 69.0 Å². The first-order chi connectivity index (χ1) is 15.5. The lowest BCUT2D eigenvalue weighted by Crippen LogP contribution is -2.13. The minimum Gasteiger partial charge on any atom is -0.317 e. The number of rotatable bonds is 6. The van der Waals surface area contributed by atoms with Crippen LogP contribution in [0.3, 0.4) is 0 Å². The van der Waals surface area contributed by atoms with E-state index in [9.17, 15) is 20.2 Å². The second kappa shape index (κ2) is 9.53. The highest BCUT2D eigenvalue weighted by Gasteiger charge is 2.21. The van der Waals surface area contributed by atoms with Gasteiger partial charge in [-0.1, -0.05) is 30.6 Å². The van der Waals surface area contributed by atoms with Gasteiger partial charge < -0.3 is 4.57 Å². The Bertz CT molecular complexity index is 1200. The summed E-state index contributed by atoms with van der Waals surface area (Å²) in [5.74, 6) is -0.168. The van der Waals surface area contributed by atoms with Gasteiger partial charge in [-0.05, 0) is 43.2 Å². The van der Waals surface area contributed by atoms with E-state index in [1.54, 1.807) is 35.0 Å². The van der Waals surface area contributed by atoms with Crippen LogP contribution in [0.15, 0.2) is 48.2 Å². The minimum atomic E-state index is -0.560. The lowest BCUT2D eigenvalue weighted by atomic mass is 9.90. The van der Waals surface area contributed by atoms with E-state index in [1.165, 1.54) is 48.8 Å². The SMILES string of the molecule is N#C/C(=C/c1cccn1-c1ccc([N+](=O)[O-])cc1)C(=O)Nc1nnc(C2CCCCC2)s1. The molecule has 1 aromatic carbocycles. The number of amides is 1. The standard InChI is InChI=1S/C22H20N6O3S/c23-14-16(20(29)24-22-26-25-21(32-22)15-5-2-1-3-6-15)13-19-7-4-12-27(19)17-8-10-18(11-9-17)28(30)31/h4,7-13,15H,1-3,5-6H2,(H,24,26,29)/b16-13-. The van der Waals surface area contributed by atoms with Crippen molar-refractivity contribution < 1.29 is 9.72 Å². The summed E-state index contributed by atoms with van der Waals surface area (Å²) < 4.78 is 1.74. The summed E-state index contributed by atoms with van der Waals surface area (Å²) in [4.78, 5) is 23.1. The van der Waals surface area contributed by atoms with Crippen LogP contribution in [-0.4, -0.2) is 25.6 Å². The van der Waals surface area contributed by atoms with Crippen LogP contribution in [-0.2, 0) is 4.79 Å². The molecule has 0 atom stereocenters. The zero-order valence-electron chi connectivity index (χ0n) is 17.1. The predicted molar refractivity (Wildman–Crippen MR) is 120 cm³/mol.